The van der Waals surface area contributed by atoms with Gasteiger partial charge in [-0.25, -0.2) is 18.2 Å². The molecule has 2 aliphatic rings. The molecule has 8 nitrogen and oxygen atoms in total. The third-order valence-electron chi connectivity index (χ3n) is 7.16. The number of hydrogen-bond donors (Lipinski definition) is 1. The van der Waals surface area contributed by atoms with Gasteiger partial charge in [-0.15, -0.1) is 0 Å². The van der Waals surface area contributed by atoms with Crippen LogP contribution in [0.25, 0.3) is 0 Å². The van der Waals surface area contributed by atoms with Gasteiger partial charge in [0.15, 0.2) is 11.6 Å². The topological polar surface area (TPSA) is 91.8 Å². The molecule has 1 saturated carbocycles. The van der Waals surface area contributed by atoms with Crippen LogP contribution >= 0.6 is 11.6 Å². The SMILES string of the molecule is COc1cccnc1N1C(=O)CCC1C(=O)N(c1cccc(F)c1)C(C(=O)NC1CC(F)(F)C1)c1ccccc1Cl. The number of anilines is 2. The summed E-state index contributed by atoms with van der Waals surface area (Å²) in [6.07, 6.45) is 0.435. The van der Waals surface area contributed by atoms with Gasteiger partial charge in [0, 0.05) is 47.8 Å². The van der Waals surface area contributed by atoms with Crippen LogP contribution in [0.5, 0.6) is 5.75 Å². The average Bonchev–Trinajstić information content (AvgIpc) is 3.31. The second-order valence-electron chi connectivity index (χ2n) is 9.93. The molecule has 1 saturated heterocycles. The summed E-state index contributed by atoms with van der Waals surface area (Å²) in [5, 5.41) is 2.73. The molecule has 1 aliphatic carbocycles. The quantitative estimate of drug-likeness (QED) is 0.398. The van der Waals surface area contributed by atoms with E-state index in [1.807, 2.05) is 0 Å². The number of benzene rings is 2. The molecular weight excluding hydrogens is 561 g/mol. The van der Waals surface area contributed by atoms with E-state index in [1.165, 1.54) is 48.5 Å². The van der Waals surface area contributed by atoms with Crippen LogP contribution in [-0.2, 0) is 14.4 Å². The van der Waals surface area contributed by atoms with Crippen LogP contribution in [0, 0.1) is 5.82 Å². The molecule has 1 aromatic heterocycles. The van der Waals surface area contributed by atoms with E-state index in [0.29, 0.717) is 0 Å². The van der Waals surface area contributed by atoms with Crippen LogP contribution < -0.4 is 19.9 Å². The number of amides is 3. The summed E-state index contributed by atoms with van der Waals surface area (Å²) in [6.45, 7) is 0. The van der Waals surface area contributed by atoms with Crippen molar-refractivity contribution < 1.29 is 32.3 Å². The van der Waals surface area contributed by atoms with Gasteiger partial charge in [0.2, 0.25) is 11.8 Å². The first-order valence-electron chi connectivity index (χ1n) is 12.9. The first-order chi connectivity index (χ1) is 19.6. The molecule has 1 aliphatic heterocycles. The number of carbonyl (C=O) groups excluding carboxylic acids is 3. The number of nitrogens with zero attached hydrogens (tertiary/aromatic N) is 3. The number of carbonyl (C=O) groups is 3. The van der Waals surface area contributed by atoms with E-state index < -0.39 is 60.4 Å². The molecule has 214 valence electrons. The Morgan fingerprint density at radius 3 is 2.59 bits per heavy atom. The molecule has 0 spiro atoms. The second-order valence-corrected chi connectivity index (χ2v) is 10.3. The van der Waals surface area contributed by atoms with Crippen LogP contribution in [0.2, 0.25) is 5.02 Å². The molecule has 0 radical (unpaired) electrons. The fraction of sp³-hybridized carbons (Fsp3) is 0.310. The van der Waals surface area contributed by atoms with Gasteiger partial charge in [-0.3, -0.25) is 24.2 Å². The minimum atomic E-state index is -2.90. The van der Waals surface area contributed by atoms with E-state index in [2.05, 4.69) is 10.3 Å². The molecule has 5 rings (SSSR count). The summed E-state index contributed by atoms with van der Waals surface area (Å²) in [4.78, 5) is 47.9. The van der Waals surface area contributed by atoms with Gasteiger partial charge in [0.1, 0.15) is 17.9 Å². The first-order valence-corrected chi connectivity index (χ1v) is 13.3. The fourth-order valence-electron chi connectivity index (χ4n) is 5.23. The molecule has 3 aromatic rings. The van der Waals surface area contributed by atoms with Crippen LogP contribution in [0.3, 0.4) is 0 Å². The zero-order chi connectivity index (χ0) is 29.3. The molecule has 2 unspecified atom stereocenters. The highest BCUT2D eigenvalue weighted by Crippen LogP contribution is 2.40. The summed E-state index contributed by atoms with van der Waals surface area (Å²) < 4.78 is 47.1. The number of nitrogens with one attached hydrogen (secondary N) is 1. The lowest BCUT2D eigenvalue weighted by Crippen LogP contribution is -2.56. The number of halogens is 4. The van der Waals surface area contributed by atoms with E-state index in [9.17, 15) is 27.6 Å². The van der Waals surface area contributed by atoms with Crippen molar-refractivity contribution in [3.8, 4) is 5.75 Å². The normalized spacial score (nSPS) is 18.9. The summed E-state index contributed by atoms with van der Waals surface area (Å²) in [6, 6.07) is 11.1. The molecule has 3 amide bonds. The number of methoxy groups -OCH3 is 1. The van der Waals surface area contributed by atoms with Crippen molar-refractivity contribution >= 4 is 40.8 Å². The molecule has 1 N–H and O–H groups in total. The Morgan fingerprint density at radius 1 is 1.15 bits per heavy atom. The third kappa shape index (κ3) is 5.72. The Hall–Kier alpha value is -4.12. The number of alkyl halides is 2. The van der Waals surface area contributed by atoms with E-state index in [4.69, 9.17) is 16.3 Å². The van der Waals surface area contributed by atoms with E-state index in [0.717, 1.165) is 11.0 Å². The highest BCUT2D eigenvalue weighted by atomic mass is 35.5. The van der Waals surface area contributed by atoms with Crippen LogP contribution in [0.15, 0.2) is 66.9 Å². The maximum absolute atomic E-state index is 14.5. The number of hydrogen-bond acceptors (Lipinski definition) is 5. The summed E-state index contributed by atoms with van der Waals surface area (Å²) in [5.41, 5.74) is 0.211. The van der Waals surface area contributed by atoms with Gasteiger partial charge in [-0.2, -0.15) is 0 Å². The lowest BCUT2D eigenvalue weighted by Gasteiger charge is -2.39. The van der Waals surface area contributed by atoms with E-state index in [-0.39, 0.29) is 40.7 Å². The first kappa shape index (κ1) is 28.4. The monoisotopic (exact) mass is 586 g/mol. The Bertz CT molecular complexity index is 1480. The average molecular weight is 587 g/mol. The lowest BCUT2D eigenvalue weighted by molar-refractivity contribution is -0.133. The molecule has 0 bridgehead atoms. The van der Waals surface area contributed by atoms with Gasteiger partial charge in [-0.1, -0.05) is 35.9 Å². The lowest BCUT2D eigenvalue weighted by atomic mass is 9.87. The maximum Gasteiger partial charge on any atom is 0.252 e. The summed E-state index contributed by atoms with van der Waals surface area (Å²) in [5.74, 6) is -5.09. The van der Waals surface area contributed by atoms with E-state index in [1.54, 1.807) is 24.3 Å². The second kappa shape index (κ2) is 11.4. The van der Waals surface area contributed by atoms with E-state index >= 15 is 0 Å². The maximum atomic E-state index is 14.5. The van der Waals surface area contributed by atoms with Gasteiger partial charge >= 0.3 is 0 Å². The number of aromatic nitrogens is 1. The van der Waals surface area contributed by atoms with Crippen molar-refractivity contribution in [2.45, 2.75) is 49.7 Å². The van der Waals surface area contributed by atoms with Crippen molar-refractivity contribution in [3.05, 3.63) is 83.3 Å². The van der Waals surface area contributed by atoms with Gasteiger partial charge in [0.05, 0.1) is 7.11 Å². The van der Waals surface area contributed by atoms with Gasteiger partial charge < -0.3 is 10.1 Å². The zero-order valence-electron chi connectivity index (χ0n) is 21.9. The van der Waals surface area contributed by atoms with Crippen molar-refractivity contribution in [1.29, 1.82) is 0 Å². The minimum Gasteiger partial charge on any atom is -0.493 e. The molecule has 2 atom stereocenters. The standard InChI is InChI=1S/C29H26ClF3N4O4/c1-41-23-10-5-13-34-26(23)37-22(11-12-24(37)38)28(40)36(19-7-4-6-17(31)14-19)25(20-8-2-3-9-21(20)30)27(39)35-18-15-29(32,33)16-18/h2-10,13-14,18,22,25H,11-12,15-16H2,1H3,(H,35,39). The Balaban J connectivity index is 1.61. The van der Waals surface area contributed by atoms with Gasteiger partial charge in [0.25, 0.3) is 11.8 Å². The van der Waals surface area contributed by atoms with Crippen molar-refractivity contribution in [1.82, 2.24) is 10.3 Å². The Kier molecular flexibility index (Phi) is 7.90. The molecule has 12 heteroatoms. The highest BCUT2D eigenvalue weighted by Gasteiger charge is 2.49. The van der Waals surface area contributed by atoms with Crippen molar-refractivity contribution in [3.63, 3.8) is 0 Å². The predicted octanol–water partition coefficient (Wildman–Crippen LogP) is 5.07. The van der Waals surface area contributed by atoms with Crippen molar-refractivity contribution in [2.24, 2.45) is 0 Å². The number of ether oxygens (including phenoxy) is 1. The molecule has 2 aromatic carbocycles. The van der Waals surface area contributed by atoms with Crippen LogP contribution in [0.1, 0.15) is 37.3 Å². The zero-order valence-corrected chi connectivity index (χ0v) is 22.7. The van der Waals surface area contributed by atoms with Crippen LogP contribution in [0.4, 0.5) is 24.7 Å². The van der Waals surface area contributed by atoms with Gasteiger partial charge in [-0.05, 0) is 42.8 Å². The molecule has 2 heterocycles. The highest BCUT2D eigenvalue weighted by molar-refractivity contribution is 6.31. The number of rotatable bonds is 8. The summed E-state index contributed by atoms with van der Waals surface area (Å²) >= 11 is 6.50. The smallest absolute Gasteiger partial charge is 0.252 e. The number of pyridine rings is 1. The fourth-order valence-corrected chi connectivity index (χ4v) is 5.47. The Morgan fingerprint density at radius 2 is 1.90 bits per heavy atom. The largest absolute Gasteiger partial charge is 0.493 e. The third-order valence-corrected chi connectivity index (χ3v) is 7.51. The Labute approximate surface area is 239 Å². The predicted molar refractivity (Wildman–Crippen MR) is 145 cm³/mol. The minimum absolute atomic E-state index is 0.00718. The molecular formula is C29H26ClF3N4O4. The molecule has 41 heavy (non-hydrogen) atoms. The molecule has 2 fully saturated rings. The summed E-state index contributed by atoms with van der Waals surface area (Å²) in [7, 11) is 1.40. The van der Waals surface area contributed by atoms with Crippen molar-refractivity contribution in [2.75, 3.05) is 16.9 Å². The van der Waals surface area contributed by atoms with Crippen LogP contribution in [-0.4, -0.2) is 47.8 Å².